The molecule has 0 aliphatic heterocycles. The first-order valence-electron chi connectivity index (χ1n) is 5.01. The van der Waals surface area contributed by atoms with Gasteiger partial charge in [-0.2, -0.15) is 0 Å². The quantitative estimate of drug-likeness (QED) is 0.861. The average Bonchev–Trinajstić information content (AvgIpc) is 2.29. The molecule has 2 unspecified atom stereocenters. The highest BCUT2D eigenvalue weighted by Crippen LogP contribution is 2.24. The molecule has 1 aromatic rings. The highest BCUT2D eigenvalue weighted by atomic mass is 79.9. The zero-order valence-corrected chi connectivity index (χ0v) is 12.3. The van der Waals surface area contributed by atoms with Crippen LogP contribution in [0.1, 0.15) is 6.92 Å². The number of amides is 1. The minimum Gasteiger partial charge on any atom is -0.398 e. The van der Waals surface area contributed by atoms with Crippen molar-refractivity contribution in [3.8, 4) is 0 Å². The predicted octanol–water partition coefficient (Wildman–Crippen LogP) is 1.62. The fourth-order valence-corrected chi connectivity index (χ4v) is 3.16. The molecule has 0 saturated carbocycles. The Labute approximate surface area is 112 Å². The van der Waals surface area contributed by atoms with E-state index in [1.165, 1.54) is 4.90 Å². The summed E-state index contributed by atoms with van der Waals surface area (Å²) in [6.07, 6.45) is 0. The molecule has 1 aromatic carbocycles. The normalized spacial score (nSPS) is 14.1. The molecule has 94 valence electrons. The molecule has 0 fully saturated rings. The molecule has 0 saturated heterocycles. The van der Waals surface area contributed by atoms with Gasteiger partial charge in [0.2, 0.25) is 5.91 Å². The van der Waals surface area contributed by atoms with Crippen molar-refractivity contribution in [3.63, 3.8) is 0 Å². The van der Waals surface area contributed by atoms with E-state index in [1.54, 1.807) is 39.2 Å². The summed E-state index contributed by atoms with van der Waals surface area (Å²) in [5.74, 6) is -0.178. The Morgan fingerprint density at radius 2 is 2.06 bits per heavy atom. The van der Waals surface area contributed by atoms with Gasteiger partial charge in [0.1, 0.15) is 5.25 Å². The second kappa shape index (κ2) is 5.64. The van der Waals surface area contributed by atoms with Gasteiger partial charge in [0, 0.05) is 24.3 Å². The molecule has 1 rings (SSSR count). The maximum atomic E-state index is 12.2. The van der Waals surface area contributed by atoms with Gasteiger partial charge in [-0.15, -0.1) is 0 Å². The summed E-state index contributed by atoms with van der Waals surface area (Å²) >= 11 is 3.29. The highest BCUT2D eigenvalue weighted by Gasteiger charge is 2.24. The second-order valence-electron chi connectivity index (χ2n) is 3.85. The van der Waals surface area contributed by atoms with E-state index in [0.717, 1.165) is 4.47 Å². The van der Waals surface area contributed by atoms with E-state index >= 15 is 0 Å². The van der Waals surface area contributed by atoms with Crippen molar-refractivity contribution in [2.75, 3.05) is 19.8 Å². The van der Waals surface area contributed by atoms with Crippen molar-refractivity contribution in [1.29, 1.82) is 0 Å². The van der Waals surface area contributed by atoms with Crippen LogP contribution in [0, 0.1) is 0 Å². The number of rotatable bonds is 3. The molecule has 0 bridgehead atoms. The van der Waals surface area contributed by atoms with Crippen LogP contribution in [0.25, 0.3) is 0 Å². The molecule has 0 spiro atoms. The predicted molar refractivity (Wildman–Crippen MR) is 73.1 cm³/mol. The van der Waals surface area contributed by atoms with Crippen LogP contribution < -0.4 is 5.73 Å². The summed E-state index contributed by atoms with van der Waals surface area (Å²) in [7, 11) is 1.83. The Kier molecular flexibility index (Phi) is 4.70. The lowest BCUT2D eigenvalue weighted by molar-refractivity contribution is -0.127. The van der Waals surface area contributed by atoms with Crippen molar-refractivity contribution in [1.82, 2.24) is 4.90 Å². The van der Waals surface area contributed by atoms with E-state index in [4.69, 9.17) is 5.73 Å². The fourth-order valence-electron chi connectivity index (χ4n) is 1.33. The molecule has 4 nitrogen and oxygen atoms in total. The number of carbonyl (C=O) groups is 1. The standard InChI is InChI=1S/C11H15BrN2O2S/c1-7(11(15)14(2)3)17(16)10-6-8(12)4-5-9(10)13/h4-7H,13H2,1-3H3. The molecule has 0 radical (unpaired) electrons. The van der Waals surface area contributed by atoms with Crippen LogP contribution in [0.3, 0.4) is 0 Å². The van der Waals surface area contributed by atoms with Gasteiger partial charge in [-0.25, -0.2) is 0 Å². The molecule has 2 atom stereocenters. The van der Waals surface area contributed by atoms with Crippen LogP contribution in [0.15, 0.2) is 27.6 Å². The van der Waals surface area contributed by atoms with Crippen molar-refractivity contribution in [2.45, 2.75) is 17.1 Å². The van der Waals surface area contributed by atoms with Gasteiger partial charge in [0.15, 0.2) is 0 Å². The number of halogens is 1. The number of hydrogen-bond donors (Lipinski definition) is 1. The Hall–Kier alpha value is -0.880. The first kappa shape index (κ1) is 14.2. The number of anilines is 1. The Morgan fingerprint density at radius 3 is 2.59 bits per heavy atom. The number of benzene rings is 1. The van der Waals surface area contributed by atoms with E-state index in [9.17, 15) is 9.00 Å². The van der Waals surface area contributed by atoms with Gasteiger partial charge in [-0.05, 0) is 25.1 Å². The van der Waals surface area contributed by atoms with E-state index in [0.29, 0.717) is 10.6 Å². The molecule has 6 heteroatoms. The third kappa shape index (κ3) is 3.29. The van der Waals surface area contributed by atoms with Crippen LogP contribution in [0.5, 0.6) is 0 Å². The highest BCUT2D eigenvalue weighted by molar-refractivity contribution is 9.10. The number of carbonyl (C=O) groups excluding carboxylic acids is 1. The second-order valence-corrected chi connectivity index (χ2v) is 6.51. The number of hydrogen-bond acceptors (Lipinski definition) is 3. The largest absolute Gasteiger partial charge is 0.398 e. The van der Waals surface area contributed by atoms with Gasteiger partial charge in [-0.1, -0.05) is 15.9 Å². The third-order valence-electron chi connectivity index (χ3n) is 2.30. The number of nitrogen functional groups attached to an aromatic ring is 1. The molecule has 2 N–H and O–H groups in total. The summed E-state index contributed by atoms with van der Waals surface area (Å²) in [5, 5.41) is -0.610. The smallest absolute Gasteiger partial charge is 0.237 e. The van der Waals surface area contributed by atoms with Crippen LogP contribution in [-0.2, 0) is 15.6 Å². The van der Waals surface area contributed by atoms with E-state index in [-0.39, 0.29) is 5.91 Å². The van der Waals surface area contributed by atoms with Gasteiger partial charge in [0.05, 0.1) is 15.7 Å². The average molecular weight is 319 g/mol. The van der Waals surface area contributed by atoms with Crippen molar-refractivity contribution in [3.05, 3.63) is 22.7 Å². The molecule has 0 heterocycles. The minimum atomic E-state index is -1.45. The molecular weight excluding hydrogens is 304 g/mol. The van der Waals surface area contributed by atoms with Crippen LogP contribution in [-0.4, -0.2) is 34.4 Å². The van der Waals surface area contributed by atoms with Crippen LogP contribution in [0.2, 0.25) is 0 Å². The molecule has 0 aliphatic carbocycles. The fraction of sp³-hybridized carbons (Fsp3) is 0.364. The van der Waals surface area contributed by atoms with E-state index in [2.05, 4.69) is 15.9 Å². The van der Waals surface area contributed by atoms with Crippen molar-refractivity contribution >= 4 is 38.3 Å². The zero-order valence-electron chi connectivity index (χ0n) is 9.94. The van der Waals surface area contributed by atoms with E-state index < -0.39 is 16.0 Å². The van der Waals surface area contributed by atoms with Gasteiger partial charge < -0.3 is 10.6 Å². The van der Waals surface area contributed by atoms with Crippen LogP contribution >= 0.6 is 15.9 Å². The lowest BCUT2D eigenvalue weighted by Crippen LogP contribution is -2.34. The topological polar surface area (TPSA) is 63.4 Å². The van der Waals surface area contributed by atoms with Crippen molar-refractivity contribution < 1.29 is 9.00 Å². The summed E-state index contributed by atoms with van der Waals surface area (Å²) in [6, 6.07) is 5.13. The van der Waals surface area contributed by atoms with Crippen LogP contribution in [0.4, 0.5) is 5.69 Å². The monoisotopic (exact) mass is 318 g/mol. The molecule has 1 amide bonds. The summed E-state index contributed by atoms with van der Waals surface area (Å²) < 4.78 is 13.0. The molecule has 17 heavy (non-hydrogen) atoms. The first-order chi connectivity index (χ1) is 7.84. The van der Waals surface area contributed by atoms with Crippen molar-refractivity contribution in [2.24, 2.45) is 0 Å². The first-order valence-corrected chi connectivity index (χ1v) is 7.02. The Bertz CT molecular complexity index is 463. The van der Waals surface area contributed by atoms with E-state index in [1.807, 2.05) is 0 Å². The SMILES string of the molecule is CC(C(=O)N(C)C)S(=O)c1cc(Br)ccc1N. The maximum Gasteiger partial charge on any atom is 0.237 e. The lowest BCUT2D eigenvalue weighted by atomic mass is 10.3. The summed E-state index contributed by atoms with van der Waals surface area (Å²) in [6.45, 7) is 1.64. The Morgan fingerprint density at radius 1 is 1.47 bits per heavy atom. The van der Waals surface area contributed by atoms with Gasteiger partial charge >= 0.3 is 0 Å². The molecule has 0 aliphatic rings. The summed E-state index contributed by atoms with van der Waals surface area (Å²) in [4.78, 5) is 13.6. The lowest BCUT2D eigenvalue weighted by Gasteiger charge is -2.17. The summed E-state index contributed by atoms with van der Waals surface area (Å²) in [5.41, 5.74) is 6.20. The van der Waals surface area contributed by atoms with Gasteiger partial charge in [-0.3, -0.25) is 9.00 Å². The van der Waals surface area contributed by atoms with Gasteiger partial charge in [0.25, 0.3) is 0 Å². The number of nitrogens with zero attached hydrogens (tertiary/aromatic N) is 1. The maximum absolute atomic E-state index is 12.2. The zero-order chi connectivity index (χ0) is 13.2. The number of nitrogens with two attached hydrogens (primary N) is 1. The molecular formula is C11H15BrN2O2S. The minimum absolute atomic E-state index is 0.178. The molecule has 0 aromatic heterocycles. The third-order valence-corrected chi connectivity index (χ3v) is 4.43. The Balaban J connectivity index is 3.04.